The number of nitrogens with one attached hydrogen (secondary N) is 2. The Bertz CT molecular complexity index is 943. The summed E-state index contributed by atoms with van der Waals surface area (Å²) in [4.78, 5) is 25.9. The summed E-state index contributed by atoms with van der Waals surface area (Å²) in [7, 11) is 0. The molecule has 1 aliphatic carbocycles. The Hall–Kier alpha value is -1.80. The van der Waals surface area contributed by atoms with Gasteiger partial charge in [0.05, 0.1) is 30.1 Å². The van der Waals surface area contributed by atoms with Crippen molar-refractivity contribution in [3.05, 3.63) is 45.3 Å². The predicted molar refractivity (Wildman–Crippen MR) is 118 cm³/mol. The SMILES string of the molecule is CC[N+]1(CC2CC2)CCc2c(sc(NC(=O)Nc3ccc(Cl)cc3)c2C(N)=O)C1.[Cl-]. The number of quaternary nitrogens is 1. The number of benzene rings is 1. The molecule has 6 nitrogen and oxygen atoms in total. The molecule has 1 atom stereocenters. The molecule has 0 spiro atoms. The molecule has 4 rings (SSSR count). The summed E-state index contributed by atoms with van der Waals surface area (Å²) >= 11 is 7.37. The van der Waals surface area contributed by atoms with Crippen LogP contribution in [0, 0.1) is 5.92 Å². The number of halogens is 2. The molecular weight excluding hydrogens is 443 g/mol. The summed E-state index contributed by atoms with van der Waals surface area (Å²) in [5, 5.41) is 6.74. The second-order valence-electron chi connectivity index (χ2n) is 8.07. The number of rotatable bonds is 6. The number of hydrogen-bond donors (Lipinski definition) is 3. The number of nitrogens with two attached hydrogens (primary N) is 1. The van der Waals surface area contributed by atoms with Gasteiger partial charge in [-0.15, -0.1) is 11.3 Å². The van der Waals surface area contributed by atoms with Crippen LogP contribution in [-0.2, 0) is 13.0 Å². The molecule has 2 aliphatic rings. The summed E-state index contributed by atoms with van der Waals surface area (Å²) in [5.74, 6) is 0.359. The fourth-order valence-electron chi connectivity index (χ4n) is 4.19. The van der Waals surface area contributed by atoms with Crippen molar-refractivity contribution in [1.82, 2.24) is 0 Å². The van der Waals surface area contributed by atoms with Crippen LogP contribution in [0.25, 0.3) is 0 Å². The lowest BCUT2D eigenvalue weighted by Gasteiger charge is -2.40. The quantitative estimate of drug-likeness (QED) is 0.560. The van der Waals surface area contributed by atoms with Gasteiger partial charge in [0.1, 0.15) is 11.5 Å². The van der Waals surface area contributed by atoms with Gasteiger partial charge in [0.25, 0.3) is 5.91 Å². The third-order valence-electron chi connectivity index (χ3n) is 5.99. The Balaban J connectivity index is 0.00000256. The summed E-state index contributed by atoms with van der Waals surface area (Å²) < 4.78 is 1.06. The molecule has 2 aromatic rings. The monoisotopic (exact) mass is 468 g/mol. The van der Waals surface area contributed by atoms with E-state index in [9.17, 15) is 9.59 Å². The zero-order chi connectivity index (χ0) is 20.6. The minimum absolute atomic E-state index is 0. The molecule has 9 heteroatoms. The molecule has 1 aromatic heterocycles. The third kappa shape index (κ3) is 4.91. The first-order chi connectivity index (χ1) is 13.9. The number of carbonyl (C=O) groups is 2. The van der Waals surface area contributed by atoms with Crippen LogP contribution in [0.4, 0.5) is 15.5 Å². The van der Waals surface area contributed by atoms with Gasteiger partial charge >= 0.3 is 6.03 Å². The second-order valence-corrected chi connectivity index (χ2v) is 9.62. The van der Waals surface area contributed by atoms with Gasteiger partial charge in [0.15, 0.2) is 0 Å². The van der Waals surface area contributed by atoms with Gasteiger partial charge in [-0.3, -0.25) is 10.1 Å². The lowest BCUT2D eigenvalue weighted by atomic mass is 9.99. The standard InChI is InChI=1S/C21H25ClN4O2S.ClH/c1-2-26(11-13-3-4-13)10-9-16-17(12-26)29-20(18(16)19(23)27)25-21(28)24-15-7-5-14(22)6-8-15;/h5-8,13H,2-4,9-12H2,1H3,(H3-,23,24,25,27,28);1H. The van der Waals surface area contributed by atoms with Crippen molar-refractivity contribution in [1.29, 1.82) is 0 Å². The van der Waals surface area contributed by atoms with Crippen LogP contribution < -0.4 is 28.8 Å². The summed E-state index contributed by atoms with van der Waals surface area (Å²) in [6.45, 7) is 6.47. The summed E-state index contributed by atoms with van der Waals surface area (Å²) in [6.07, 6.45) is 3.49. The largest absolute Gasteiger partial charge is 1.00 e. The van der Waals surface area contributed by atoms with Gasteiger partial charge in [-0.25, -0.2) is 4.79 Å². The zero-order valence-corrected chi connectivity index (χ0v) is 19.2. The molecule has 1 aliphatic heterocycles. The van der Waals surface area contributed by atoms with E-state index in [0.29, 0.717) is 21.3 Å². The molecule has 0 bridgehead atoms. The number of fused-ring (bicyclic) bond motifs is 1. The number of thiophene rings is 1. The lowest BCUT2D eigenvalue weighted by molar-refractivity contribution is -0.942. The maximum absolute atomic E-state index is 12.5. The maximum atomic E-state index is 12.5. The first-order valence-electron chi connectivity index (χ1n) is 10.0. The molecule has 1 unspecified atom stereocenters. The van der Waals surface area contributed by atoms with E-state index in [-0.39, 0.29) is 12.4 Å². The van der Waals surface area contributed by atoms with Gasteiger partial charge in [0, 0.05) is 23.0 Å². The third-order valence-corrected chi connectivity index (χ3v) is 7.38. The van der Waals surface area contributed by atoms with E-state index in [2.05, 4.69) is 17.6 Å². The first kappa shape index (κ1) is 22.9. The number of nitrogens with zero attached hydrogens (tertiary/aromatic N) is 1. The van der Waals surface area contributed by atoms with Crippen LogP contribution in [0.1, 0.15) is 40.6 Å². The van der Waals surface area contributed by atoms with E-state index in [4.69, 9.17) is 17.3 Å². The molecular formula is C21H26Cl2N4O2S. The number of primary amides is 1. The highest BCUT2D eigenvalue weighted by atomic mass is 35.5. The Morgan fingerprint density at radius 2 is 1.93 bits per heavy atom. The van der Waals surface area contributed by atoms with Crippen molar-refractivity contribution in [2.24, 2.45) is 11.7 Å². The van der Waals surface area contributed by atoms with Crippen LogP contribution in [-0.4, -0.2) is 36.1 Å². The highest BCUT2D eigenvalue weighted by Crippen LogP contribution is 2.41. The van der Waals surface area contributed by atoms with Crippen molar-refractivity contribution in [2.45, 2.75) is 32.7 Å². The number of anilines is 2. The molecule has 3 amide bonds. The normalized spacial score (nSPS) is 20.1. The van der Waals surface area contributed by atoms with Crippen LogP contribution in [0.5, 0.6) is 0 Å². The van der Waals surface area contributed by atoms with E-state index >= 15 is 0 Å². The maximum Gasteiger partial charge on any atom is 0.324 e. The Morgan fingerprint density at radius 1 is 1.23 bits per heavy atom. The number of urea groups is 1. The lowest BCUT2D eigenvalue weighted by Crippen LogP contribution is -3.00. The average Bonchev–Trinajstić information content (AvgIpc) is 3.41. The van der Waals surface area contributed by atoms with E-state index in [1.807, 2.05) is 0 Å². The smallest absolute Gasteiger partial charge is 0.324 e. The second kappa shape index (κ2) is 9.14. The van der Waals surface area contributed by atoms with Gasteiger partial charge in [-0.2, -0.15) is 0 Å². The van der Waals surface area contributed by atoms with Crippen molar-refractivity contribution in [3.8, 4) is 0 Å². The van der Waals surface area contributed by atoms with Crippen LogP contribution in [0.15, 0.2) is 24.3 Å². The van der Waals surface area contributed by atoms with Crippen LogP contribution >= 0.6 is 22.9 Å². The van der Waals surface area contributed by atoms with Crippen LogP contribution in [0.2, 0.25) is 5.02 Å². The fourth-order valence-corrected chi connectivity index (χ4v) is 5.70. The summed E-state index contributed by atoms with van der Waals surface area (Å²) in [5.41, 5.74) is 7.81. The number of likely N-dealkylation sites (N-methyl/N-ethyl adjacent to an activating group) is 1. The molecule has 0 saturated heterocycles. The van der Waals surface area contributed by atoms with E-state index in [1.54, 1.807) is 24.3 Å². The highest BCUT2D eigenvalue weighted by molar-refractivity contribution is 7.17. The fraction of sp³-hybridized carbons (Fsp3) is 0.429. The van der Waals surface area contributed by atoms with Gasteiger partial charge in [-0.05, 0) is 49.6 Å². The molecule has 2 heterocycles. The average molecular weight is 469 g/mol. The molecule has 1 aromatic carbocycles. The van der Waals surface area contributed by atoms with Gasteiger partial charge < -0.3 is 27.9 Å². The summed E-state index contributed by atoms with van der Waals surface area (Å²) in [6, 6.07) is 6.46. The van der Waals surface area contributed by atoms with Gasteiger partial charge in [-0.1, -0.05) is 11.6 Å². The Labute approximate surface area is 191 Å². The van der Waals surface area contributed by atoms with E-state index in [1.165, 1.54) is 35.6 Å². The first-order valence-corrected chi connectivity index (χ1v) is 11.2. The van der Waals surface area contributed by atoms with E-state index < -0.39 is 11.9 Å². The van der Waals surface area contributed by atoms with Crippen molar-refractivity contribution in [3.63, 3.8) is 0 Å². The number of carbonyl (C=O) groups excluding carboxylic acids is 2. The van der Waals surface area contributed by atoms with Crippen molar-refractivity contribution >= 4 is 45.6 Å². The zero-order valence-electron chi connectivity index (χ0n) is 16.8. The van der Waals surface area contributed by atoms with Gasteiger partial charge in [0.2, 0.25) is 0 Å². The molecule has 1 fully saturated rings. The molecule has 30 heavy (non-hydrogen) atoms. The molecule has 4 N–H and O–H groups in total. The molecule has 1 saturated carbocycles. The van der Waals surface area contributed by atoms with E-state index in [0.717, 1.165) is 42.0 Å². The Morgan fingerprint density at radius 3 is 2.53 bits per heavy atom. The highest BCUT2D eigenvalue weighted by Gasteiger charge is 2.40. The topological polar surface area (TPSA) is 84.2 Å². The predicted octanol–water partition coefficient (Wildman–Crippen LogP) is 1.45. The molecule has 162 valence electrons. The minimum Gasteiger partial charge on any atom is -1.00 e. The minimum atomic E-state index is -0.483. The van der Waals surface area contributed by atoms with Crippen molar-refractivity contribution < 1.29 is 26.5 Å². The number of amides is 3. The number of hydrogen-bond acceptors (Lipinski definition) is 3. The molecule has 0 radical (unpaired) electrons. The Kier molecular flexibility index (Phi) is 6.97. The van der Waals surface area contributed by atoms with Crippen LogP contribution in [0.3, 0.4) is 0 Å². The van der Waals surface area contributed by atoms with Crippen molar-refractivity contribution in [2.75, 3.05) is 30.3 Å².